The van der Waals surface area contributed by atoms with Gasteiger partial charge in [0, 0.05) is 11.9 Å². The molecular formula is C12H19NO2S. The van der Waals surface area contributed by atoms with Crippen molar-refractivity contribution in [2.24, 2.45) is 5.92 Å². The number of aliphatic hydroxyl groups is 1. The zero-order valence-electron chi connectivity index (χ0n) is 9.99. The first-order valence-corrected chi connectivity index (χ1v) is 6.44. The molecule has 1 heterocycles. The first-order valence-electron chi connectivity index (χ1n) is 5.49. The third-order valence-electron chi connectivity index (χ3n) is 2.34. The lowest BCUT2D eigenvalue weighted by atomic mass is 10.1. The minimum Gasteiger partial charge on any atom is -0.391 e. The van der Waals surface area contributed by atoms with E-state index in [2.05, 4.69) is 5.32 Å². The summed E-state index contributed by atoms with van der Waals surface area (Å²) >= 11 is 1.52. The molecule has 0 aromatic carbocycles. The van der Waals surface area contributed by atoms with E-state index in [9.17, 15) is 9.90 Å². The van der Waals surface area contributed by atoms with Gasteiger partial charge in [-0.25, -0.2) is 0 Å². The van der Waals surface area contributed by atoms with Gasteiger partial charge in [-0.05, 0) is 30.2 Å². The number of aliphatic hydroxyl groups excluding tert-OH is 1. The largest absolute Gasteiger partial charge is 0.391 e. The molecule has 1 atom stereocenters. The van der Waals surface area contributed by atoms with E-state index in [4.69, 9.17) is 0 Å². The fourth-order valence-corrected chi connectivity index (χ4v) is 2.35. The Labute approximate surface area is 100 Å². The Hall–Kier alpha value is -0.870. The quantitative estimate of drug-likeness (QED) is 0.830. The van der Waals surface area contributed by atoms with Crippen LogP contribution in [0.4, 0.5) is 0 Å². The van der Waals surface area contributed by atoms with Gasteiger partial charge in [0.1, 0.15) is 0 Å². The summed E-state index contributed by atoms with van der Waals surface area (Å²) in [4.78, 5) is 11.7. The molecule has 0 aliphatic heterocycles. The van der Waals surface area contributed by atoms with Crippen LogP contribution in [0.25, 0.3) is 0 Å². The van der Waals surface area contributed by atoms with Crippen LogP contribution in [-0.2, 0) is 0 Å². The molecule has 0 spiro atoms. The molecule has 16 heavy (non-hydrogen) atoms. The highest BCUT2D eigenvalue weighted by Crippen LogP contribution is 2.13. The van der Waals surface area contributed by atoms with E-state index in [1.54, 1.807) is 0 Å². The fourth-order valence-electron chi connectivity index (χ4n) is 1.53. The summed E-state index contributed by atoms with van der Waals surface area (Å²) in [6.45, 7) is 6.34. The molecular weight excluding hydrogens is 222 g/mol. The van der Waals surface area contributed by atoms with E-state index in [-0.39, 0.29) is 5.91 Å². The van der Waals surface area contributed by atoms with Crippen LogP contribution in [-0.4, -0.2) is 23.7 Å². The molecule has 1 amide bonds. The standard InChI is InChI=1S/C12H19NO2S/c1-8(2)4-10(14)5-13-12(15)11-7-16-6-9(11)3/h6-8,10,14H,4-5H2,1-3H3,(H,13,15). The molecule has 0 aliphatic carbocycles. The fraction of sp³-hybridized carbons (Fsp3) is 0.583. The van der Waals surface area contributed by atoms with E-state index in [0.29, 0.717) is 24.4 Å². The number of hydrogen-bond donors (Lipinski definition) is 2. The molecule has 0 bridgehead atoms. The lowest BCUT2D eigenvalue weighted by molar-refractivity contribution is 0.0900. The van der Waals surface area contributed by atoms with Crippen LogP contribution in [0.2, 0.25) is 0 Å². The number of rotatable bonds is 5. The number of thiophene rings is 1. The first kappa shape index (κ1) is 13.2. The summed E-state index contributed by atoms with van der Waals surface area (Å²) in [5.74, 6) is 0.344. The Balaban J connectivity index is 2.39. The molecule has 0 saturated heterocycles. The van der Waals surface area contributed by atoms with Crippen molar-refractivity contribution >= 4 is 17.2 Å². The van der Waals surface area contributed by atoms with Crippen LogP contribution >= 0.6 is 11.3 Å². The number of aryl methyl sites for hydroxylation is 1. The van der Waals surface area contributed by atoms with Gasteiger partial charge in [0.2, 0.25) is 0 Å². The molecule has 90 valence electrons. The number of nitrogens with one attached hydrogen (secondary N) is 1. The van der Waals surface area contributed by atoms with Gasteiger partial charge in [0.15, 0.2) is 0 Å². The zero-order chi connectivity index (χ0) is 12.1. The summed E-state index contributed by atoms with van der Waals surface area (Å²) in [5, 5.41) is 16.1. The van der Waals surface area contributed by atoms with Crippen LogP contribution in [0.3, 0.4) is 0 Å². The van der Waals surface area contributed by atoms with Gasteiger partial charge < -0.3 is 10.4 Å². The predicted octanol–water partition coefficient (Wildman–Crippen LogP) is 2.19. The van der Waals surface area contributed by atoms with Crippen molar-refractivity contribution in [1.82, 2.24) is 5.32 Å². The Kier molecular flexibility index (Phi) is 4.96. The highest BCUT2D eigenvalue weighted by atomic mass is 32.1. The second-order valence-electron chi connectivity index (χ2n) is 4.46. The number of carbonyl (C=O) groups excluding carboxylic acids is 1. The van der Waals surface area contributed by atoms with Crippen LogP contribution in [0.1, 0.15) is 36.2 Å². The average Bonchev–Trinajstić information content (AvgIpc) is 2.60. The molecule has 1 aromatic rings. The van der Waals surface area contributed by atoms with Gasteiger partial charge in [0.25, 0.3) is 5.91 Å². The highest BCUT2D eigenvalue weighted by Gasteiger charge is 2.12. The molecule has 0 fully saturated rings. The third kappa shape index (κ3) is 3.94. The third-order valence-corrected chi connectivity index (χ3v) is 3.20. The van der Waals surface area contributed by atoms with Gasteiger partial charge in [-0.1, -0.05) is 13.8 Å². The molecule has 0 aliphatic rings. The average molecular weight is 241 g/mol. The van der Waals surface area contributed by atoms with Crippen molar-refractivity contribution in [2.45, 2.75) is 33.3 Å². The van der Waals surface area contributed by atoms with Gasteiger partial charge in [-0.15, -0.1) is 0 Å². The molecule has 0 radical (unpaired) electrons. The van der Waals surface area contributed by atoms with E-state index in [1.807, 2.05) is 31.5 Å². The summed E-state index contributed by atoms with van der Waals surface area (Å²) in [6, 6.07) is 0. The molecule has 2 N–H and O–H groups in total. The smallest absolute Gasteiger partial charge is 0.252 e. The minimum atomic E-state index is -0.456. The maximum atomic E-state index is 11.7. The van der Waals surface area contributed by atoms with Gasteiger partial charge in [-0.2, -0.15) is 11.3 Å². The molecule has 1 aromatic heterocycles. The van der Waals surface area contributed by atoms with E-state index in [0.717, 1.165) is 5.56 Å². The Morgan fingerprint density at radius 2 is 2.19 bits per heavy atom. The van der Waals surface area contributed by atoms with Crippen molar-refractivity contribution < 1.29 is 9.90 Å². The monoisotopic (exact) mass is 241 g/mol. The Morgan fingerprint density at radius 3 is 2.69 bits per heavy atom. The zero-order valence-corrected chi connectivity index (χ0v) is 10.8. The normalized spacial score (nSPS) is 12.8. The van der Waals surface area contributed by atoms with Gasteiger partial charge in [-0.3, -0.25) is 4.79 Å². The maximum Gasteiger partial charge on any atom is 0.252 e. The number of hydrogen-bond acceptors (Lipinski definition) is 3. The second-order valence-corrected chi connectivity index (χ2v) is 5.21. The summed E-state index contributed by atoms with van der Waals surface area (Å²) in [5.41, 5.74) is 1.70. The lowest BCUT2D eigenvalue weighted by Crippen LogP contribution is -2.32. The topological polar surface area (TPSA) is 49.3 Å². The Bertz CT molecular complexity index is 347. The summed E-state index contributed by atoms with van der Waals surface area (Å²) in [6.07, 6.45) is 0.256. The highest BCUT2D eigenvalue weighted by molar-refractivity contribution is 7.08. The molecule has 1 unspecified atom stereocenters. The van der Waals surface area contributed by atoms with Crippen LogP contribution in [0, 0.1) is 12.8 Å². The summed E-state index contributed by atoms with van der Waals surface area (Å²) in [7, 11) is 0. The molecule has 1 rings (SSSR count). The molecule has 4 heteroatoms. The van der Waals surface area contributed by atoms with Crippen LogP contribution < -0.4 is 5.32 Å². The SMILES string of the molecule is Cc1cscc1C(=O)NCC(O)CC(C)C. The van der Waals surface area contributed by atoms with E-state index in [1.165, 1.54) is 11.3 Å². The van der Waals surface area contributed by atoms with Crippen molar-refractivity contribution in [1.29, 1.82) is 0 Å². The van der Waals surface area contributed by atoms with Crippen LogP contribution in [0.5, 0.6) is 0 Å². The first-order chi connectivity index (χ1) is 7.50. The van der Waals surface area contributed by atoms with Crippen molar-refractivity contribution in [2.75, 3.05) is 6.54 Å². The van der Waals surface area contributed by atoms with E-state index >= 15 is 0 Å². The minimum absolute atomic E-state index is 0.0958. The van der Waals surface area contributed by atoms with Crippen molar-refractivity contribution in [3.05, 3.63) is 21.9 Å². The van der Waals surface area contributed by atoms with Crippen molar-refractivity contribution in [3.8, 4) is 0 Å². The lowest BCUT2D eigenvalue weighted by Gasteiger charge is -2.13. The van der Waals surface area contributed by atoms with Crippen molar-refractivity contribution in [3.63, 3.8) is 0 Å². The van der Waals surface area contributed by atoms with E-state index < -0.39 is 6.10 Å². The second kappa shape index (κ2) is 6.01. The van der Waals surface area contributed by atoms with Gasteiger partial charge >= 0.3 is 0 Å². The van der Waals surface area contributed by atoms with Crippen LogP contribution in [0.15, 0.2) is 10.8 Å². The number of carbonyl (C=O) groups is 1. The summed E-state index contributed by atoms with van der Waals surface area (Å²) < 4.78 is 0. The molecule has 3 nitrogen and oxygen atoms in total. The maximum absolute atomic E-state index is 11.7. The number of amides is 1. The Morgan fingerprint density at radius 1 is 1.50 bits per heavy atom. The van der Waals surface area contributed by atoms with Gasteiger partial charge in [0.05, 0.1) is 11.7 Å². The molecule has 0 saturated carbocycles. The predicted molar refractivity (Wildman–Crippen MR) is 66.9 cm³/mol.